The van der Waals surface area contributed by atoms with E-state index in [9.17, 15) is 25.2 Å². The molecule has 4 unspecified atom stereocenters. The first-order valence-electron chi connectivity index (χ1n) is 6.14. The summed E-state index contributed by atoms with van der Waals surface area (Å²) in [6.45, 7) is 0.105. The smallest absolute Gasteiger partial charge is 0.326 e. The van der Waals surface area contributed by atoms with Crippen LogP contribution >= 0.6 is 0 Å². The molecule has 2 heterocycles. The molecule has 108 valence electrons. The number of nitrogens with zero attached hydrogens (tertiary/aromatic N) is 2. The summed E-state index contributed by atoms with van der Waals surface area (Å²) in [7, 11) is 0. The van der Waals surface area contributed by atoms with Gasteiger partial charge in [0.1, 0.15) is 24.9 Å². The van der Waals surface area contributed by atoms with Crippen LogP contribution in [0.4, 0.5) is 0 Å². The molecule has 4 N–H and O–H groups in total. The molecule has 2 aliphatic rings. The fraction of sp³-hybridized carbons (Fsp3) is 0.727. The van der Waals surface area contributed by atoms with Crippen LogP contribution in [-0.2, 0) is 9.63 Å². The van der Waals surface area contributed by atoms with Gasteiger partial charge in [-0.05, 0) is 25.0 Å². The quantitative estimate of drug-likeness (QED) is 0.439. The summed E-state index contributed by atoms with van der Waals surface area (Å²) in [5, 5.41) is 38.7. The molecule has 19 heavy (non-hydrogen) atoms. The maximum Gasteiger partial charge on any atom is 0.326 e. The van der Waals surface area contributed by atoms with Crippen molar-refractivity contribution in [1.82, 2.24) is 9.96 Å². The first kappa shape index (κ1) is 14.4. The first-order chi connectivity index (χ1) is 8.99. The third-order valence-electron chi connectivity index (χ3n) is 3.19. The van der Waals surface area contributed by atoms with Crippen LogP contribution in [0.2, 0.25) is 0 Å². The van der Waals surface area contributed by atoms with Gasteiger partial charge in [-0.1, -0.05) is 5.06 Å². The number of hydrogen-bond donors (Lipinski definition) is 4. The van der Waals surface area contributed by atoms with E-state index >= 15 is 0 Å². The Hall–Kier alpha value is -1.03. The fourth-order valence-corrected chi connectivity index (χ4v) is 2.10. The molecule has 8 nitrogen and oxygen atoms in total. The maximum atomic E-state index is 11.6. The number of aliphatic hydroxyl groups excluding tert-OH is 4. The average molecular weight is 274 g/mol. The molecule has 1 fully saturated rings. The topological polar surface area (TPSA) is 114 Å². The van der Waals surface area contributed by atoms with Crippen LogP contribution < -0.4 is 0 Å². The number of hydrogen-bond acceptors (Lipinski definition) is 8. The van der Waals surface area contributed by atoms with E-state index in [1.807, 2.05) is 0 Å². The zero-order valence-electron chi connectivity index (χ0n) is 10.3. The van der Waals surface area contributed by atoms with Crippen molar-refractivity contribution in [3.63, 3.8) is 0 Å². The molecule has 2 aliphatic heterocycles. The molecule has 0 radical (unpaired) electrons. The van der Waals surface area contributed by atoms with Crippen LogP contribution in [0.3, 0.4) is 0 Å². The first-order valence-corrected chi connectivity index (χ1v) is 6.14. The zero-order chi connectivity index (χ0) is 14.0. The molecule has 0 aliphatic carbocycles. The predicted octanol–water partition coefficient (Wildman–Crippen LogP) is -1.92. The Morgan fingerprint density at radius 1 is 1.11 bits per heavy atom. The van der Waals surface area contributed by atoms with E-state index in [2.05, 4.69) is 0 Å². The van der Waals surface area contributed by atoms with Gasteiger partial charge in [-0.25, -0.2) is 4.90 Å². The van der Waals surface area contributed by atoms with E-state index in [1.54, 1.807) is 0 Å². The minimum atomic E-state index is -0.997. The van der Waals surface area contributed by atoms with Crippen molar-refractivity contribution in [2.45, 2.75) is 44.2 Å². The molecule has 0 aromatic heterocycles. The van der Waals surface area contributed by atoms with Gasteiger partial charge in [0.15, 0.2) is 0 Å². The average Bonchev–Trinajstić information content (AvgIpc) is 2.84. The third kappa shape index (κ3) is 3.30. The lowest BCUT2D eigenvalue weighted by molar-refractivity contribution is -0.262. The fourth-order valence-electron chi connectivity index (χ4n) is 2.10. The number of hydroxylamine groups is 2. The number of carbonyl (C=O) groups excluding carboxylic acids is 1. The summed E-state index contributed by atoms with van der Waals surface area (Å²) < 4.78 is 0. The molecule has 1 saturated heterocycles. The highest BCUT2D eigenvalue weighted by atomic mass is 16.7. The lowest BCUT2D eigenvalue weighted by Crippen LogP contribution is -2.41. The molecule has 0 aromatic carbocycles. The van der Waals surface area contributed by atoms with E-state index in [0.29, 0.717) is 12.8 Å². The number of rotatable bonds is 4. The number of aliphatic hydroxyl groups is 4. The lowest BCUT2D eigenvalue weighted by atomic mass is 10.3. The summed E-state index contributed by atoms with van der Waals surface area (Å²) >= 11 is 0. The summed E-state index contributed by atoms with van der Waals surface area (Å²) in [6.07, 6.45) is -0.410. The molecule has 4 atom stereocenters. The Morgan fingerprint density at radius 2 is 1.63 bits per heavy atom. The van der Waals surface area contributed by atoms with Crippen LogP contribution in [0.25, 0.3) is 0 Å². The van der Waals surface area contributed by atoms with Gasteiger partial charge in [0.25, 0.3) is 0 Å². The minimum Gasteiger partial charge on any atom is -0.375 e. The SMILES string of the molecule is O=C(CCN1C(O)C=CC1O)ON1C(O)CCC1O. The highest BCUT2D eigenvalue weighted by Gasteiger charge is 2.34. The molecule has 0 spiro atoms. The monoisotopic (exact) mass is 274 g/mol. The van der Waals surface area contributed by atoms with Gasteiger partial charge in [0.2, 0.25) is 0 Å². The minimum absolute atomic E-state index is 0.0776. The summed E-state index contributed by atoms with van der Waals surface area (Å²) in [6, 6.07) is 0. The van der Waals surface area contributed by atoms with Gasteiger partial charge < -0.3 is 25.3 Å². The second-order valence-electron chi connectivity index (χ2n) is 4.56. The molecule has 8 heteroatoms. The van der Waals surface area contributed by atoms with Crippen LogP contribution in [0.1, 0.15) is 19.3 Å². The lowest BCUT2D eigenvalue weighted by Gasteiger charge is -2.25. The van der Waals surface area contributed by atoms with Crippen molar-refractivity contribution in [1.29, 1.82) is 0 Å². The van der Waals surface area contributed by atoms with Gasteiger partial charge in [-0.3, -0.25) is 4.79 Å². The third-order valence-corrected chi connectivity index (χ3v) is 3.19. The van der Waals surface area contributed by atoms with Crippen molar-refractivity contribution >= 4 is 5.97 Å². The normalized spacial score (nSPS) is 36.0. The second-order valence-corrected chi connectivity index (χ2v) is 4.56. The Kier molecular flexibility index (Phi) is 4.50. The van der Waals surface area contributed by atoms with E-state index in [1.165, 1.54) is 17.1 Å². The largest absolute Gasteiger partial charge is 0.375 e. The zero-order valence-corrected chi connectivity index (χ0v) is 10.3. The van der Waals surface area contributed by atoms with E-state index in [4.69, 9.17) is 4.84 Å². The second kappa shape index (κ2) is 5.95. The van der Waals surface area contributed by atoms with Crippen molar-refractivity contribution in [2.24, 2.45) is 0 Å². The summed E-state index contributed by atoms with van der Waals surface area (Å²) in [5.74, 6) is -0.647. The van der Waals surface area contributed by atoms with Crippen LogP contribution in [0.5, 0.6) is 0 Å². The highest BCUT2D eigenvalue weighted by molar-refractivity contribution is 5.69. The maximum absolute atomic E-state index is 11.6. The van der Waals surface area contributed by atoms with Crippen molar-refractivity contribution in [3.8, 4) is 0 Å². The summed E-state index contributed by atoms with van der Waals surface area (Å²) in [5.41, 5.74) is 0. The van der Waals surface area contributed by atoms with Gasteiger partial charge in [-0.2, -0.15) is 0 Å². The van der Waals surface area contributed by atoms with Crippen LogP contribution in [0, 0.1) is 0 Å². The molecule has 0 bridgehead atoms. The highest BCUT2D eigenvalue weighted by Crippen LogP contribution is 2.21. The van der Waals surface area contributed by atoms with E-state index < -0.39 is 30.9 Å². The molecule has 2 rings (SSSR count). The number of carbonyl (C=O) groups is 1. The van der Waals surface area contributed by atoms with Gasteiger partial charge in [-0.15, -0.1) is 0 Å². The van der Waals surface area contributed by atoms with Crippen molar-refractivity contribution < 1.29 is 30.1 Å². The molecular formula is C11H18N2O6. The van der Waals surface area contributed by atoms with Gasteiger partial charge in [0.05, 0.1) is 6.42 Å². The Balaban J connectivity index is 1.76. The van der Waals surface area contributed by atoms with Crippen molar-refractivity contribution in [3.05, 3.63) is 12.2 Å². The Bertz CT molecular complexity index is 341. The van der Waals surface area contributed by atoms with E-state index in [0.717, 1.165) is 5.06 Å². The molecule has 0 amide bonds. The standard InChI is InChI=1S/C11H18N2O6/c14-7-1-2-8(15)12(7)6-5-11(18)19-13-9(16)3-4-10(13)17/h1-2,7-10,14-17H,3-6H2. The molecular weight excluding hydrogens is 256 g/mol. The van der Waals surface area contributed by atoms with Crippen LogP contribution in [-0.4, -0.2) is 67.8 Å². The van der Waals surface area contributed by atoms with Gasteiger partial charge >= 0.3 is 5.97 Å². The molecule has 0 aromatic rings. The predicted molar refractivity (Wildman–Crippen MR) is 61.7 cm³/mol. The molecule has 0 saturated carbocycles. The Morgan fingerprint density at radius 3 is 2.16 bits per heavy atom. The van der Waals surface area contributed by atoms with Crippen LogP contribution in [0.15, 0.2) is 12.2 Å². The van der Waals surface area contributed by atoms with Gasteiger partial charge in [0, 0.05) is 6.54 Å². The van der Waals surface area contributed by atoms with Crippen molar-refractivity contribution in [2.75, 3.05) is 6.54 Å². The summed E-state index contributed by atoms with van der Waals surface area (Å²) in [4.78, 5) is 17.7. The van der Waals surface area contributed by atoms with E-state index in [-0.39, 0.29) is 13.0 Å². The Labute approximate surface area is 110 Å².